The molecular weight excluding hydrogens is 437 g/mol. The van der Waals surface area contributed by atoms with Crippen LogP contribution in [-0.2, 0) is 4.79 Å². The molecule has 0 bridgehead atoms. The van der Waals surface area contributed by atoms with Gasteiger partial charge in [0.25, 0.3) is 5.56 Å². The highest BCUT2D eigenvalue weighted by molar-refractivity contribution is 7.17. The van der Waals surface area contributed by atoms with Gasteiger partial charge in [0, 0.05) is 27.0 Å². The molecule has 0 aliphatic heterocycles. The van der Waals surface area contributed by atoms with Gasteiger partial charge in [-0.15, -0.1) is 11.3 Å². The van der Waals surface area contributed by atoms with E-state index >= 15 is 0 Å². The predicted molar refractivity (Wildman–Crippen MR) is 115 cm³/mol. The Balaban J connectivity index is 2.11. The van der Waals surface area contributed by atoms with Crippen LogP contribution in [0.15, 0.2) is 28.4 Å². The summed E-state index contributed by atoms with van der Waals surface area (Å²) in [5, 5.41) is 14.2. The van der Waals surface area contributed by atoms with Crippen LogP contribution in [0.25, 0.3) is 10.2 Å². The summed E-state index contributed by atoms with van der Waals surface area (Å²) in [4.78, 5) is 42.3. The van der Waals surface area contributed by atoms with Crippen molar-refractivity contribution in [1.82, 2.24) is 9.55 Å². The molecule has 0 radical (unpaired) electrons. The summed E-state index contributed by atoms with van der Waals surface area (Å²) >= 11 is 13.0. The number of nitrogens with zero attached hydrogens (tertiary/aromatic N) is 2. The SMILES string of the molecule is CC(C)c1nc2scc(C(=O)O)c2c(=O)n1C(C)C(=O)Nc1cc(Cl)cc(Cl)c1. The number of fused-ring (bicyclic) bond motifs is 1. The molecular formula is C19H17Cl2N3O4S. The van der Waals surface area contributed by atoms with Gasteiger partial charge in [0.1, 0.15) is 16.7 Å². The van der Waals surface area contributed by atoms with E-state index in [9.17, 15) is 19.5 Å². The number of nitrogens with one attached hydrogen (secondary N) is 1. The van der Waals surface area contributed by atoms with Crippen molar-refractivity contribution in [3.8, 4) is 0 Å². The first-order valence-corrected chi connectivity index (χ1v) is 10.3. The molecule has 2 N–H and O–H groups in total. The predicted octanol–water partition coefficient (Wildman–Crippen LogP) is 4.79. The van der Waals surface area contributed by atoms with E-state index in [4.69, 9.17) is 23.2 Å². The quantitative estimate of drug-likeness (QED) is 0.578. The molecule has 1 unspecified atom stereocenters. The number of aromatic nitrogens is 2. The summed E-state index contributed by atoms with van der Waals surface area (Å²) in [5.74, 6) is -1.48. The Morgan fingerprint density at radius 1 is 1.17 bits per heavy atom. The third-order valence-electron chi connectivity index (χ3n) is 4.31. The van der Waals surface area contributed by atoms with Gasteiger partial charge in [0.15, 0.2) is 0 Å². The van der Waals surface area contributed by atoms with Crippen LogP contribution in [0.2, 0.25) is 10.0 Å². The summed E-state index contributed by atoms with van der Waals surface area (Å²) in [7, 11) is 0. The van der Waals surface area contributed by atoms with Crippen LogP contribution in [0.4, 0.5) is 5.69 Å². The fourth-order valence-corrected chi connectivity index (χ4v) is 4.38. The lowest BCUT2D eigenvalue weighted by atomic mass is 10.1. The molecule has 0 fully saturated rings. The van der Waals surface area contributed by atoms with Crippen LogP contribution in [0.5, 0.6) is 0 Å². The topological polar surface area (TPSA) is 101 Å². The Morgan fingerprint density at radius 2 is 1.79 bits per heavy atom. The van der Waals surface area contributed by atoms with Gasteiger partial charge in [0.2, 0.25) is 5.91 Å². The van der Waals surface area contributed by atoms with Crippen LogP contribution < -0.4 is 10.9 Å². The van der Waals surface area contributed by atoms with E-state index in [-0.39, 0.29) is 16.9 Å². The second kappa shape index (κ2) is 8.14. The lowest BCUT2D eigenvalue weighted by Gasteiger charge is -2.21. The number of benzene rings is 1. The fourth-order valence-electron chi connectivity index (χ4n) is 2.95. The first-order chi connectivity index (χ1) is 13.6. The van der Waals surface area contributed by atoms with Gasteiger partial charge in [-0.2, -0.15) is 0 Å². The van der Waals surface area contributed by atoms with Gasteiger partial charge in [-0.05, 0) is 25.1 Å². The standard InChI is InChI=1S/C19H17Cl2N3O4S/c1-8(2)15-23-17-14(13(7-29-17)19(27)28)18(26)24(15)9(3)16(25)22-12-5-10(20)4-11(21)6-12/h4-9H,1-3H3,(H,22,25)(H,27,28). The number of aromatic carboxylic acids is 1. The highest BCUT2D eigenvalue weighted by atomic mass is 35.5. The zero-order valence-corrected chi connectivity index (χ0v) is 18.0. The maximum absolute atomic E-state index is 13.2. The van der Waals surface area contributed by atoms with E-state index in [1.807, 2.05) is 13.8 Å². The number of hydrogen-bond acceptors (Lipinski definition) is 5. The van der Waals surface area contributed by atoms with Crippen molar-refractivity contribution in [3.63, 3.8) is 0 Å². The average Bonchev–Trinajstić information content (AvgIpc) is 3.04. The Morgan fingerprint density at radius 3 is 2.34 bits per heavy atom. The minimum atomic E-state index is -1.22. The average molecular weight is 454 g/mol. The first-order valence-electron chi connectivity index (χ1n) is 8.64. The van der Waals surface area contributed by atoms with E-state index in [1.54, 1.807) is 6.92 Å². The number of carbonyl (C=O) groups excluding carboxylic acids is 1. The summed E-state index contributed by atoms with van der Waals surface area (Å²) in [6.07, 6.45) is 0. The number of halogens is 2. The smallest absolute Gasteiger partial charge is 0.337 e. The second-order valence-corrected chi connectivity index (χ2v) is 8.49. The third kappa shape index (κ3) is 4.14. The van der Waals surface area contributed by atoms with Crippen LogP contribution in [0.1, 0.15) is 48.9 Å². The van der Waals surface area contributed by atoms with Crippen LogP contribution in [0.3, 0.4) is 0 Å². The van der Waals surface area contributed by atoms with Crippen molar-refractivity contribution in [2.75, 3.05) is 5.32 Å². The van der Waals surface area contributed by atoms with Crippen molar-refractivity contribution in [2.45, 2.75) is 32.7 Å². The Labute approximate surface area is 179 Å². The molecule has 3 rings (SSSR count). The summed E-state index contributed by atoms with van der Waals surface area (Å²) in [6.45, 7) is 5.24. The minimum Gasteiger partial charge on any atom is -0.478 e. The number of anilines is 1. The largest absolute Gasteiger partial charge is 0.478 e. The van der Waals surface area contributed by atoms with E-state index in [0.29, 0.717) is 26.4 Å². The molecule has 3 aromatic rings. The maximum atomic E-state index is 13.2. The molecule has 0 aliphatic rings. The minimum absolute atomic E-state index is 0.00245. The Bertz CT molecular complexity index is 1170. The number of amides is 1. The number of rotatable bonds is 5. The van der Waals surface area contributed by atoms with Crippen LogP contribution >= 0.6 is 34.5 Å². The van der Waals surface area contributed by atoms with Crippen molar-refractivity contribution < 1.29 is 14.7 Å². The van der Waals surface area contributed by atoms with E-state index in [0.717, 1.165) is 11.3 Å². The number of carboxylic acid groups (broad SMARTS) is 1. The third-order valence-corrected chi connectivity index (χ3v) is 5.62. The normalized spacial score (nSPS) is 12.3. The maximum Gasteiger partial charge on any atom is 0.337 e. The Kier molecular flexibility index (Phi) is 5.97. The van der Waals surface area contributed by atoms with E-state index < -0.39 is 23.5 Å². The van der Waals surface area contributed by atoms with Gasteiger partial charge in [-0.1, -0.05) is 37.0 Å². The summed E-state index contributed by atoms with van der Waals surface area (Å²) in [6, 6.07) is 3.65. The molecule has 1 atom stereocenters. The highest BCUT2D eigenvalue weighted by Crippen LogP contribution is 2.27. The molecule has 152 valence electrons. The summed E-state index contributed by atoms with van der Waals surface area (Å²) < 4.78 is 1.24. The highest BCUT2D eigenvalue weighted by Gasteiger charge is 2.26. The summed E-state index contributed by atoms with van der Waals surface area (Å²) in [5.41, 5.74) is -0.306. The van der Waals surface area contributed by atoms with Gasteiger partial charge < -0.3 is 10.4 Å². The lowest BCUT2D eigenvalue weighted by Crippen LogP contribution is -2.35. The van der Waals surface area contributed by atoms with Crippen LogP contribution in [0, 0.1) is 0 Å². The number of hydrogen-bond donors (Lipinski definition) is 2. The van der Waals surface area contributed by atoms with E-state index in [1.165, 1.54) is 28.1 Å². The van der Waals surface area contributed by atoms with E-state index in [2.05, 4.69) is 10.3 Å². The fraction of sp³-hybridized carbons (Fsp3) is 0.263. The van der Waals surface area contributed by atoms with Crippen LogP contribution in [-0.4, -0.2) is 26.5 Å². The molecule has 0 saturated carbocycles. The molecule has 7 nitrogen and oxygen atoms in total. The lowest BCUT2D eigenvalue weighted by molar-refractivity contribution is -0.118. The van der Waals surface area contributed by atoms with Gasteiger partial charge in [-0.3, -0.25) is 14.2 Å². The molecule has 10 heteroatoms. The molecule has 1 amide bonds. The zero-order chi connectivity index (χ0) is 21.5. The molecule has 2 aromatic heterocycles. The van der Waals surface area contributed by atoms with Crippen molar-refractivity contribution in [3.05, 3.63) is 55.4 Å². The molecule has 2 heterocycles. The van der Waals surface area contributed by atoms with Crippen molar-refractivity contribution in [1.29, 1.82) is 0 Å². The molecule has 29 heavy (non-hydrogen) atoms. The van der Waals surface area contributed by atoms with Gasteiger partial charge >= 0.3 is 5.97 Å². The number of carbonyl (C=O) groups is 2. The van der Waals surface area contributed by atoms with Gasteiger partial charge in [0.05, 0.1) is 10.9 Å². The van der Waals surface area contributed by atoms with Crippen molar-refractivity contribution in [2.24, 2.45) is 0 Å². The van der Waals surface area contributed by atoms with Gasteiger partial charge in [-0.25, -0.2) is 9.78 Å². The molecule has 0 saturated heterocycles. The van der Waals surface area contributed by atoms with Crippen molar-refractivity contribution >= 4 is 62.3 Å². The molecule has 0 aliphatic carbocycles. The zero-order valence-electron chi connectivity index (χ0n) is 15.7. The molecule has 0 spiro atoms. The number of thiophene rings is 1. The molecule has 1 aromatic carbocycles. The second-order valence-electron chi connectivity index (χ2n) is 6.76. The monoisotopic (exact) mass is 453 g/mol. The Hall–Kier alpha value is -2.42. The first kappa shape index (κ1) is 21.3. The number of carboxylic acids is 1.